The molecule has 0 bridgehead atoms. The highest BCUT2D eigenvalue weighted by Crippen LogP contribution is 2.34. The average Bonchev–Trinajstić information content (AvgIpc) is 3.09. The first-order chi connectivity index (χ1) is 12.4. The van der Waals surface area contributed by atoms with E-state index in [1.807, 2.05) is 30.3 Å². The summed E-state index contributed by atoms with van der Waals surface area (Å²) in [4.78, 5) is 4.40. The zero-order valence-electron chi connectivity index (χ0n) is 13.1. The van der Waals surface area contributed by atoms with E-state index in [1.54, 1.807) is 5.38 Å². The molecule has 0 aliphatic carbocycles. The standard InChI is InChI=1S/C19H10BrF3N2S/c20-15-7-5-12(6-8-15)17-11-26-18(25-17)14(10-24)9-13-3-1-2-4-16(13)19(21,22)23/h1-9,11H/b14-9+. The molecule has 1 aromatic heterocycles. The molecule has 0 radical (unpaired) electrons. The number of nitrogens with zero attached hydrogens (tertiary/aromatic N) is 2. The van der Waals surface area contributed by atoms with Gasteiger partial charge in [0.15, 0.2) is 0 Å². The predicted molar refractivity (Wildman–Crippen MR) is 100 cm³/mol. The molecule has 130 valence electrons. The van der Waals surface area contributed by atoms with E-state index in [4.69, 9.17) is 0 Å². The fraction of sp³-hybridized carbons (Fsp3) is 0.0526. The fourth-order valence-corrected chi connectivity index (χ4v) is 3.39. The Morgan fingerprint density at radius 1 is 1.12 bits per heavy atom. The van der Waals surface area contributed by atoms with Crippen molar-refractivity contribution in [1.82, 2.24) is 4.98 Å². The fourth-order valence-electron chi connectivity index (χ4n) is 2.33. The van der Waals surface area contributed by atoms with Crippen LogP contribution in [0, 0.1) is 11.3 Å². The Bertz CT molecular complexity index is 999. The number of thiazole rings is 1. The molecule has 0 fully saturated rings. The van der Waals surface area contributed by atoms with Crippen LogP contribution in [0.25, 0.3) is 22.9 Å². The molecule has 3 aromatic rings. The van der Waals surface area contributed by atoms with Crippen LogP contribution in [0.3, 0.4) is 0 Å². The summed E-state index contributed by atoms with van der Waals surface area (Å²) < 4.78 is 40.3. The van der Waals surface area contributed by atoms with Crippen molar-refractivity contribution in [2.24, 2.45) is 0 Å². The van der Waals surface area contributed by atoms with Crippen molar-refractivity contribution in [3.8, 4) is 17.3 Å². The number of nitriles is 1. The maximum absolute atomic E-state index is 13.1. The highest BCUT2D eigenvalue weighted by atomic mass is 79.9. The van der Waals surface area contributed by atoms with Crippen LogP contribution < -0.4 is 0 Å². The van der Waals surface area contributed by atoms with Crippen molar-refractivity contribution >= 4 is 38.9 Å². The molecule has 0 saturated carbocycles. The molecule has 0 spiro atoms. The topological polar surface area (TPSA) is 36.7 Å². The molecule has 0 amide bonds. The van der Waals surface area contributed by atoms with Crippen LogP contribution in [0.5, 0.6) is 0 Å². The molecular formula is C19H10BrF3N2S. The van der Waals surface area contributed by atoms with Gasteiger partial charge in [-0.15, -0.1) is 11.3 Å². The molecule has 0 N–H and O–H groups in total. The minimum atomic E-state index is -4.49. The van der Waals surface area contributed by atoms with Gasteiger partial charge >= 0.3 is 6.18 Å². The van der Waals surface area contributed by atoms with E-state index < -0.39 is 11.7 Å². The molecule has 2 aromatic carbocycles. The molecular weight excluding hydrogens is 425 g/mol. The van der Waals surface area contributed by atoms with Gasteiger partial charge in [-0.1, -0.05) is 46.3 Å². The van der Waals surface area contributed by atoms with Gasteiger partial charge in [0, 0.05) is 15.4 Å². The molecule has 2 nitrogen and oxygen atoms in total. The Balaban J connectivity index is 2.00. The summed E-state index contributed by atoms with van der Waals surface area (Å²) in [6, 6.07) is 14.6. The van der Waals surface area contributed by atoms with Gasteiger partial charge < -0.3 is 0 Å². The number of alkyl halides is 3. The summed E-state index contributed by atoms with van der Waals surface area (Å²) in [6.45, 7) is 0. The van der Waals surface area contributed by atoms with Crippen molar-refractivity contribution in [1.29, 1.82) is 5.26 Å². The summed E-state index contributed by atoms with van der Waals surface area (Å²) in [6.07, 6.45) is -3.26. The molecule has 0 atom stereocenters. The molecule has 0 unspecified atom stereocenters. The highest BCUT2D eigenvalue weighted by Gasteiger charge is 2.32. The van der Waals surface area contributed by atoms with Crippen molar-refractivity contribution in [3.63, 3.8) is 0 Å². The number of rotatable bonds is 3. The molecule has 0 aliphatic heterocycles. The van der Waals surface area contributed by atoms with Crippen LogP contribution in [0.4, 0.5) is 13.2 Å². The molecule has 1 heterocycles. The lowest BCUT2D eigenvalue weighted by Gasteiger charge is -2.09. The van der Waals surface area contributed by atoms with Crippen LogP contribution in [0.2, 0.25) is 0 Å². The average molecular weight is 435 g/mol. The summed E-state index contributed by atoms with van der Waals surface area (Å²) in [7, 11) is 0. The van der Waals surface area contributed by atoms with E-state index in [-0.39, 0.29) is 11.1 Å². The van der Waals surface area contributed by atoms with Crippen LogP contribution in [-0.2, 0) is 6.18 Å². The summed E-state index contributed by atoms with van der Waals surface area (Å²) in [5.74, 6) is 0. The van der Waals surface area contributed by atoms with E-state index >= 15 is 0 Å². The summed E-state index contributed by atoms with van der Waals surface area (Å²) in [5.41, 5.74) is 0.788. The Hall–Kier alpha value is -2.43. The van der Waals surface area contributed by atoms with Gasteiger partial charge in [-0.05, 0) is 29.8 Å². The second-order valence-corrected chi connectivity index (χ2v) is 7.07. The maximum atomic E-state index is 13.1. The third kappa shape index (κ3) is 4.03. The van der Waals surface area contributed by atoms with E-state index in [0.717, 1.165) is 16.1 Å². The third-order valence-electron chi connectivity index (χ3n) is 3.56. The molecule has 3 rings (SSSR count). The number of halogens is 4. The van der Waals surface area contributed by atoms with Crippen molar-refractivity contribution in [2.45, 2.75) is 6.18 Å². The van der Waals surface area contributed by atoms with E-state index in [2.05, 4.69) is 20.9 Å². The van der Waals surface area contributed by atoms with Gasteiger partial charge in [0.1, 0.15) is 11.1 Å². The monoisotopic (exact) mass is 434 g/mol. The minimum Gasteiger partial charge on any atom is -0.235 e. The number of allylic oxidation sites excluding steroid dienone is 1. The lowest BCUT2D eigenvalue weighted by molar-refractivity contribution is -0.137. The van der Waals surface area contributed by atoms with E-state index in [0.29, 0.717) is 10.7 Å². The third-order valence-corrected chi connectivity index (χ3v) is 4.97. The molecule has 0 saturated heterocycles. The van der Waals surface area contributed by atoms with Gasteiger partial charge in [0.25, 0.3) is 0 Å². The van der Waals surface area contributed by atoms with Crippen LogP contribution in [0.1, 0.15) is 16.1 Å². The van der Waals surface area contributed by atoms with E-state index in [9.17, 15) is 18.4 Å². The Kier molecular flexibility index (Phi) is 5.25. The van der Waals surface area contributed by atoms with Crippen LogP contribution in [-0.4, -0.2) is 4.98 Å². The summed E-state index contributed by atoms with van der Waals surface area (Å²) in [5, 5.41) is 11.6. The number of hydrogen-bond donors (Lipinski definition) is 0. The predicted octanol–water partition coefficient (Wildman–Crippen LogP) is 6.66. The molecule has 26 heavy (non-hydrogen) atoms. The van der Waals surface area contributed by atoms with E-state index in [1.165, 1.54) is 35.6 Å². The van der Waals surface area contributed by atoms with Gasteiger partial charge in [0.05, 0.1) is 16.8 Å². The van der Waals surface area contributed by atoms with Gasteiger partial charge in [-0.25, -0.2) is 4.98 Å². The zero-order chi connectivity index (χ0) is 18.7. The van der Waals surface area contributed by atoms with Crippen LogP contribution >= 0.6 is 27.3 Å². The second kappa shape index (κ2) is 7.44. The van der Waals surface area contributed by atoms with Gasteiger partial charge in [-0.3, -0.25) is 0 Å². The summed E-state index contributed by atoms with van der Waals surface area (Å²) >= 11 is 4.57. The largest absolute Gasteiger partial charge is 0.416 e. The highest BCUT2D eigenvalue weighted by molar-refractivity contribution is 9.10. The second-order valence-electron chi connectivity index (χ2n) is 5.30. The quantitative estimate of drug-likeness (QED) is 0.432. The van der Waals surface area contributed by atoms with Crippen LogP contribution in [0.15, 0.2) is 58.4 Å². The molecule has 7 heteroatoms. The van der Waals surface area contributed by atoms with Gasteiger partial charge in [0.2, 0.25) is 0 Å². The number of hydrogen-bond acceptors (Lipinski definition) is 3. The Labute approximate surface area is 160 Å². The van der Waals surface area contributed by atoms with Crippen molar-refractivity contribution < 1.29 is 13.2 Å². The maximum Gasteiger partial charge on any atom is 0.416 e. The smallest absolute Gasteiger partial charge is 0.235 e. The molecule has 0 aliphatic rings. The van der Waals surface area contributed by atoms with Crippen molar-refractivity contribution in [3.05, 3.63) is 74.5 Å². The number of benzene rings is 2. The normalized spacial score (nSPS) is 12.0. The lowest BCUT2D eigenvalue weighted by atomic mass is 10.0. The van der Waals surface area contributed by atoms with Gasteiger partial charge in [-0.2, -0.15) is 18.4 Å². The SMILES string of the molecule is N#C/C(=C\c1ccccc1C(F)(F)F)c1nc(-c2ccc(Br)cc2)cs1. The Morgan fingerprint density at radius 2 is 1.81 bits per heavy atom. The zero-order valence-corrected chi connectivity index (χ0v) is 15.5. The van der Waals surface area contributed by atoms with Crippen molar-refractivity contribution in [2.75, 3.05) is 0 Å². The first-order valence-electron chi connectivity index (χ1n) is 7.38. The Morgan fingerprint density at radius 3 is 2.46 bits per heavy atom. The first-order valence-corrected chi connectivity index (χ1v) is 9.05. The lowest BCUT2D eigenvalue weighted by Crippen LogP contribution is -2.07. The number of aromatic nitrogens is 1. The minimum absolute atomic E-state index is 0.0584. The first kappa shape index (κ1) is 18.4.